The van der Waals surface area contributed by atoms with Crippen LogP contribution in [0.15, 0.2) is 47.6 Å². The van der Waals surface area contributed by atoms with Gasteiger partial charge in [0.05, 0.1) is 25.3 Å². The smallest absolute Gasteiger partial charge is 0.260 e. The van der Waals surface area contributed by atoms with Gasteiger partial charge in [-0.1, -0.05) is 6.07 Å². The highest BCUT2D eigenvalue weighted by Crippen LogP contribution is 2.30. The highest BCUT2D eigenvalue weighted by Gasteiger charge is 2.24. The maximum absolute atomic E-state index is 12.4. The van der Waals surface area contributed by atoms with Gasteiger partial charge in [-0.25, -0.2) is 13.8 Å². The number of sulfonamides is 1. The summed E-state index contributed by atoms with van der Waals surface area (Å²) in [6.45, 7) is 1.40. The van der Waals surface area contributed by atoms with Gasteiger partial charge in [-0.05, 0) is 54.4 Å². The number of ether oxygens (including phenoxy) is 2. The van der Waals surface area contributed by atoms with Gasteiger partial charge in [-0.2, -0.15) is 16.9 Å². The number of hydrogen-bond acceptors (Lipinski definition) is 7. The summed E-state index contributed by atoms with van der Waals surface area (Å²) >= 11 is 1.85. The SMILES string of the molecule is COc1ccc(C)cc1N(CC(=O)NN=Cc1ccc(OC2CSC2)cc1)S(C)(=O)=O. The second-order valence-corrected chi connectivity index (χ2v) is 10.1. The number of carbonyl (C=O) groups excluding carboxylic acids is 1. The van der Waals surface area contributed by atoms with Gasteiger partial charge in [0, 0.05) is 11.5 Å². The minimum atomic E-state index is -3.73. The van der Waals surface area contributed by atoms with Crippen molar-refractivity contribution in [2.24, 2.45) is 5.10 Å². The molecule has 0 saturated carbocycles. The third-order valence-electron chi connectivity index (χ3n) is 4.48. The molecule has 2 aromatic carbocycles. The molecule has 3 rings (SSSR count). The molecule has 2 aromatic rings. The second kappa shape index (κ2) is 10.1. The number of nitrogens with one attached hydrogen (secondary N) is 1. The van der Waals surface area contributed by atoms with Crippen LogP contribution >= 0.6 is 11.8 Å². The predicted molar refractivity (Wildman–Crippen MR) is 124 cm³/mol. The molecule has 1 aliphatic heterocycles. The summed E-state index contributed by atoms with van der Waals surface area (Å²) in [5, 5.41) is 3.93. The van der Waals surface area contributed by atoms with E-state index in [9.17, 15) is 13.2 Å². The molecule has 1 heterocycles. The quantitative estimate of drug-likeness (QED) is 0.453. The molecule has 0 aliphatic carbocycles. The Kier molecular flexibility index (Phi) is 7.45. The fraction of sp³-hybridized carbons (Fsp3) is 0.333. The summed E-state index contributed by atoms with van der Waals surface area (Å²) in [4.78, 5) is 12.4. The van der Waals surface area contributed by atoms with Gasteiger partial charge in [0.15, 0.2) is 0 Å². The predicted octanol–water partition coefficient (Wildman–Crippen LogP) is 2.41. The number of hydrogen-bond donors (Lipinski definition) is 1. The number of amides is 1. The number of methoxy groups -OCH3 is 1. The molecule has 0 aromatic heterocycles. The van der Waals surface area contributed by atoms with Crippen molar-refractivity contribution in [3.8, 4) is 11.5 Å². The van der Waals surface area contributed by atoms with Gasteiger partial charge >= 0.3 is 0 Å². The van der Waals surface area contributed by atoms with E-state index in [2.05, 4.69) is 10.5 Å². The summed E-state index contributed by atoms with van der Waals surface area (Å²) < 4.78 is 36.7. The summed E-state index contributed by atoms with van der Waals surface area (Å²) in [7, 11) is -2.28. The Labute approximate surface area is 186 Å². The van der Waals surface area contributed by atoms with E-state index in [0.717, 1.165) is 38.9 Å². The van der Waals surface area contributed by atoms with Crippen molar-refractivity contribution in [2.75, 3.05) is 35.7 Å². The van der Waals surface area contributed by atoms with E-state index in [1.54, 1.807) is 18.2 Å². The van der Waals surface area contributed by atoms with Crippen molar-refractivity contribution in [2.45, 2.75) is 13.0 Å². The normalized spacial score (nSPS) is 14.2. The van der Waals surface area contributed by atoms with E-state index in [1.165, 1.54) is 13.3 Å². The highest BCUT2D eigenvalue weighted by molar-refractivity contribution is 8.00. The zero-order valence-corrected chi connectivity index (χ0v) is 19.2. The number of benzene rings is 2. The van der Waals surface area contributed by atoms with E-state index in [4.69, 9.17) is 9.47 Å². The van der Waals surface area contributed by atoms with Crippen molar-refractivity contribution in [3.05, 3.63) is 53.6 Å². The minimum Gasteiger partial charge on any atom is -0.495 e. The van der Waals surface area contributed by atoms with Crippen LogP contribution in [-0.2, 0) is 14.8 Å². The van der Waals surface area contributed by atoms with E-state index < -0.39 is 22.5 Å². The summed E-state index contributed by atoms with van der Waals surface area (Å²) in [6, 6.07) is 12.5. The molecule has 31 heavy (non-hydrogen) atoms. The Balaban J connectivity index is 1.63. The number of thioether (sulfide) groups is 1. The van der Waals surface area contributed by atoms with Crippen LogP contribution in [0.25, 0.3) is 0 Å². The van der Waals surface area contributed by atoms with Crippen molar-refractivity contribution in [1.82, 2.24) is 5.43 Å². The molecule has 166 valence electrons. The third kappa shape index (κ3) is 6.38. The molecule has 0 bridgehead atoms. The van der Waals surface area contributed by atoms with Crippen molar-refractivity contribution >= 4 is 39.6 Å². The Hall–Kier alpha value is -2.72. The molecule has 1 saturated heterocycles. The van der Waals surface area contributed by atoms with Gasteiger partial charge < -0.3 is 9.47 Å². The maximum atomic E-state index is 12.4. The fourth-order valence-electron chi connectivity index (χ4n) is 2.83. The molecule has 0 spiro atoms. The monoisotopic (exact) mass is 463 g/mol. The minimum absolute atomic E-state index is 0.272. The number of rotatable bonds is 9. The first-order chi connectivity index (χ1) is 14.8. The van der Waals surface area contributed by atoms with E-state index in [0.29, 0.717) is 11.4 Å². The molecule has 1 amide bonds. The lowest BCUT2D eigenvalue weighted by Gasteiger charge is -2.25. The number of nitrogens with zero attached hydrogens (tertiary/aromatic N) is 2. The van der Waals surface area contributed by atoms with E-state index >= 15 is 0 Å². The lowest BCUT2D eigenvalue weighted by molar-refractivity contribution is -0.119. The second-order valence-electron chi connectivity index (χ2n) is 7.08. The lowest BCUT2D eigenvalue weighted by Crippen LogP contribution is -2.39. The first-order valence-corrected chi connectivity index (χ1v) is 12.6. The number of anilines is 1. The van der Waals surface area contributed by atoms with Gasteiger partial charge in [0.1, 0.15) is 24.1 Å². The molecule has 0 atom stereocenters. The Morgan fingerprint density at radius 3 is 2.55 bits per heavy atom. The molecule has 0 radical (unpaired) electrons. The summed E-state index contributed by atoms with van der Waals surface area (Å²) in [5.41, 5.74) is 4.28. The van der Waals surface area contributed by atoms with Crippen LogP contribution in [0.5, 0.6) is 11.5 Å². The van der Waals surface area contributed by atoms with Gasteiger partial charge in [-0.15, -0.1) is 0 Å². The van der Waals surface area contributed by atoms with Crippen LogP contribution < -0.4 is 19.2 Å². The average Bonchev–Trinajstić information content (AvgIpc) is 2.69. The van der Waals surface area contributed by atoms with Crippen LogP contribution in [0.3, 0.4) is 0 Å². The summed E-state index contributed by atoms with van der Waals surface area (Å²) in [6.07, 6.45) is 2.80. The van der Waals surface area contributed by atoms with Crippen LogP contribution in [0, 0.1) is 6.92 Å². The molecular weight excluding hydrogens is 438 g/mol. The highest BCUT2D eigenvalue weighted by atomic mass is 32.2. The number of aryl methyl sites for hydroxylation is 1. The first kappa shape index (κ1) is 23.0. The topological polar surface area (TPSA) is 97.3 Å². The fourth-order valence-corrected chi connectivity index (χ4v) is 4.24. The largest absolute Gasteiger partial charge is 0.495 e. The number of carbonyl (C=O) groups is 1. The van der Waals surface area contributed by atoms with Gasteiger partial charge in [-0.3, -0.25) is 9.10 Å². The maximum Gasteiger partial charge on any atom is 0.260 e. The Morgan fingerprint density at radius 2 is 1.97 bits per heavy atom. The molecule has 8 nitrogen and oxygen atoms in total. The van der Waals surface area contributed by atoms with E-state index in [-0.39, 0.29) is 6.10 Å². The Morgan fingerprint density at radius 1 is 1.26 bits per heavy atom. The van der Waals surface area contributed by atoms with Crippen molar-refractivity contribution < 1.29 is 22.7 Å². The molecule has 1 fully saturated rings. The van der Waals surface area contributed by atoms with Crippen molar-refractivity contribution in [3.63, 3.8) is 0 Å². The zero-order chi connectivity index (χ0) is 22.4. The van der Waals surface area contributed by atoms with Crippen LogP contribution in [0.4, 0.5) is 5.69 Å². The van der Waals surface area contributed by atoms with Crippen LogP contribution in [-0.4, -0.2) is 58.1 Å². The zero-order valence-electron chi connectivity index (χ0n) is 17.6. The van der Waals surface area contributed by atoms with Crippen molar-refractivity contribution in [1.29, 1.82) is 0 Å². The van der Waals surface area contributed by atoms with Crippen LogP contribution in [0.1, 0.15) is 11.1 Å². The Bertz CT molecular complexity index is 1050. The van der Waals surface area contributed by atoms with Gasteiger partial charge in [0.2, 0.25) is 10.0 Å². The molecule has 10 heteroatoms. The molecule has 0 unspecified atom stereocenters. The average molecular weight is 464 g/mol. The summed E-state index contributed by atoms with van der Waals surface area (Å²) in [5.74, 6) is 2.59. The van der Waals surface area contributed by atoms with Crippen LogP contribution in [0.2, 0.25) is 0 Å². The van der Waals surface area contributed by atoms with Gasteiger partial charge in [0.25, 0.3) is 5.91 Å². The lowest BCUT2D eigenvalue weighted by atomic mass is 10.2. The standard InChI is InChI=1S/C21H25N3O5S2/c1-15-4-9-20(28-2)19(10-15)24(31(3,26)27)12-21(25)23-22-11-16-5-7-17(8-6-16)29-18-13-30-14-18/h4-11,18H,12-14H2,1-3H3,(H,23,25). The first-order valence-electron chi connectivity index (χ1n) is 9.55. The third-order valence-corrected chi connectivity index (χ3v) is 6.83. The molecular formula is C21H25N3O5S2. The molecule has 1 aliphatic rings. The van der Waals surface area contributed by atoms with E-state index in [1.807, 2.05) is 43.0 Å². The number of hydrazone groups is 1. The molecule has 1 N–H and O–H groups in total.